The van der Waals surface area contributed by atoms with E-state index in [1.165, 1.54) is 12.1 Å². The molecular weight excluding hydrogens is 432 g/mol. The molecule has 6 nitrogen and oxygen atoms in total. The van der Waals surface area contributed by atoms with Gasteiger partial charge in [-0.05, 0) is 30.2 Å². The molecule has 0 heterocycles. The van der Waals surface area contributed by atoms with Gasteiger partial charge in [-0.25, -0.2) is 8.42 Å². The lowest BCUT2D eigenvalue weighted by molar-refractivity contribution is 0.521. The van der Waals surface area contributed by atoms with Crippen LogP contribution < -0.4 is 0 Å². The molecule has 0 amide bonds. The molecule has 0 aliphatic carbocycles. The molecule has 8 heteroatoms. The van der Waals surface area contributed by atoms with Crippen molar-refractivity contribution >= 4 is 25.9 Å². The number of nitrogens with zero attached hydrogens (tertiary/aromatic N) is 2. The van der Waals surface area contributed by atoms with E-state index < -0.39 is 20.0 Å². The molecule has 0 aliphatic heterocycles. The Morgan fingerprint density at radius 3 is 1.81 bits per heavy atom. The maximum atomic E-state index is 13.0. The maximum absolute atomic E-state index is 13.0. The van der Waals surface area contributed by atoms with Crippen LogP contribution in [-0.2, 0) is 33.0 Å². The topological polar surface area (TPSA) is 83.9 Å². The van der Waals surface area contributed by atoms with Crippen molar-refractivity contribution in [3.63, 3.8) is 0 Å². The van der Waals surface area contributed by atoms with Crippen LogP contribution in [0.1, 0.15) is 16.7 Å². The molecule has 0 saturated carbocycles. The summed E-state index contributed by atoms with van der Waals surface area (Å²) in [6.45, 7) is 1.83. The summed E-state index contributed by atoms with van der Waals surface area (Å²) >= 11 is 0. The monoisotopic (exact) mass is 456 g/mol. The van der Waals surface area contributed by atoms with Crippen molar-refractivity contribution in [2.75, 3.05) is 6.26 Å². The minimum absolute atomic E-state index is 0.0109. The first-order valence-corrected chi connectivity index (χ1v) is 12.9. The van der Waals surface area contributed by atoms with E-state index in [0.717, 1.165) is 27.3 Å². The summed E-state index contributed by atoms with van der Waals surface area (Å²) in [5.74, 6) is -0.0573. The number of benzene rings is 3. The van der Waals surface area contributed by atoms with E-state index in [4.69, 9.17) is 0 Å². The van der Waals surface area contributed by atoms with Crippen LogP contribution in [0.4, 0.5) is 0 Å². The lowest BCUT2D eigenvalue weighted by atomic mass is 10.1. The number of rotatable bonds is 7. The smallest absolute Gasteiger partial charge is 0.252 e. The van der Waals surface area contributed by atoms with Gasteiger partial charge in [0.25, 0.3) is 10.0 Å². The predicted molar refractivity (Wildman–Crippen MR) is 123 cm³/mol. The number of amidine groups is 1. The first-order chi connectivity index (χ1) is 14.6. The third-order valence-electron chi connectivity index (χ3n) is 4.61. The van der Waals surface area contributed by atoms with Gasteiger partial charge >= 0.3 is 0 Å². The molecule has 162 valence electrons. The van der Waals surface area contributed by atoms with E-state index in [1.807, 2.05) is 31.2 Å². The molecule has 0 bridgehead atoms. The highest BCUT2D eigenvalue weighted by Gasteiger charge is 2.25. The van der Waals surface area contributed by atoms with Crippen molar-refractivity contribution in [3.8, 4) is 0 Å². The Morgan fingerprint density at radius 1 is 0.774 bits per heavy atom. The summed E-state index contributed by atoms with van der Waals surface area (Å²) in [5.41, 5.74) is 2.39. The quantitative estimate of drug-likeness (QED) is 0.400. The Hall–Kier alpha value is -2.97. The molecule has 0 radical (unpaired) electrons. The fraction of sp³-hybridized carbons (Fsp3) is 0.174. The van der Waals surface area contributed by atoms with E-state index >= 15 is 0 Å². The second-order valence-corrected chi connectivity index (χ2v) is 10.7. The van der Waals surface area contributed by atoms with Crippen LogP contribution in [0.15, 0.2) is 94.2 Å². The molecule has 0 unspecified atom stereocenters. The zero-order valence-electron chi connectivity index (χ0n) is 17.3. The Labute approximate surface area is 184 Å². The number of aryl methyl sites for hydroxylation is 1. The SMILES string of the molecule is Cc1ccc(S(=O)(=O)/N=C(\Cc2ccccc2)N(Cc2ccccc2)S(C)(=O)=O)cc1. The van der Waals surface area contributed by atoms with Crippen molar-refractivity contribution in [3.05, 3.63) is 102 Å². The zero-order chi connectivity index (χ0) is 22.5. The van der Waals surface area contributed by atoms with Crippen molar-refractivity contribution in [2.24, 2.45) is 4.40 Å². The van der Waals surface area contributed by atoms with Crippen LogP contribution in [0.25, 0.3) is 0 Å². The normalized spacial score (nSPS) is 12.5. The maximum Gasteiger partial charge on any atom is 0.283 e. The van der Waals surface area contributed by atoms with E-state index in [2.05, 4.69) is 4.40 Å². The Kier molecular flexibility index (Phi) is 6.92. The highest BCUT2D eigenvalue weighted by Crippen LogP contribution is 2.18. The third kappa shape index (κ3) is 6.26. The highest BCUT2D eigenvalue weighted by molar-refractivity contribution is 7.90. The lowest BCUT2D eigenvalue weighted by Gasteiger charge is -2.24. The Morgan fingerprint density at radius 2 is 1.29 bits per heavy atom. The van der Waals surface area contributed by atoms with E-state index in [0.29, 0.717) is 0 Å². The summed E-state index contributed by atoms with van der Waals surface area (Å²) in [4.78, 5) is 0.0109. The van der Waals surface area contributed by atoms with Crippen molar-refractivity contribution < 1.29 is 16.8 Å². The highest BCUT2D eigenvalue weighted by atomic mass is 32.2. The van der Waals surface area contributed by atoms with E-state index in [1.54, 1.807) is 48.5 Å². The average molecular weight is 457 g/mol. The molecule has 0 saturated heterocycles. The standard InChI is InChI=1S/C23H24N2O4S2/c1-19-13-15-22(16-14-19)31(28,29)24-23(17-20-9-5-3-6-10-20)25(30(2,26)27)18-21-11-7-4-8-12-21/h3-16H,17-18H2,1-2H3/b24-23+. The zero-order valence-corrected chi connectivity index (χ0v) is 19.0. The Bertz CT molecular complexity index is 1250. The lowest BCUT2D eigenvalue weighted by Crippen LogP contribution is -2.37. The average Bonchev–Trinajstić information content (AvgIpc) is 2.72. The van der Waals surface area contributed by atoms with Crippen molar-refractivity contribution in [2.45, 2.75) is 24.8 Å². The van der Waals surface area contributed by atoms with Gasteiger partial charge in [0, 0.05) is 6.42 Å². The summed E-state index contributed by atoms with van der Waals surface area (Å²) in [6.07, 6.45) is 1.10. The van der Waals surface area contributed by atoms with Crippen molar-refractivity contribution in [1.82, 2.24) is 4.31 Å². The van der Waals surface area contributed by atoms with E-state index in [-0.39, 0.29) is 23.7 Å². The van der Waals surface area contributed by atoms with Gasteiger partial charge in [0.15, 0.2) is 0 Å². The second-order valence-electron chi connectivity index (χ2n) is 7.21. The van der Waals surface area contributed by atoms with Crippen LogP contribution in [0.3, 0.4) is 0 Å². The molecule has 31 heavy (non-hydrogen) atoms. The molecular formula is C23H24N2O4S2. The minimum Gasteiger partial charge on any atom is -0.252 e. The first-order valence-electron chi connectivity index (χ1n) is 9.61. The molecule has 3 rings (SSSR count). The summed E-state index contributed by atoms with van der Waals surface area (Å²) in [7, 11) is -7.92. The molecule has 0 aromatic heterocycles. The van der Waals surface area contributed by atoms with Gasteiger partial charge < -0.3 is 0 Å². The van der Waals surface area contributed by atoms with Gasteiger partial charge in [0.1, 0.15) is 5.84 Å². The fourth-order valence-corrected chi connectivity index (χ4v) is 4.94. The van der Waals surface area contributed by atoms with Crippen LogP contribution >= 0.6 is 0 Å². The number of hydrogen-bond acceptors (Lipinski definition) is 4. The van der Waals surface area contributed by atoms with Crippen LogP contribution in [-0.4, -0.2) is 33.2 Å². The van der Waals surface area contributed by atoms with Gasteiger partial charge in [-0.1, -0.05) is 78.4 Å². The molecule has 0 atom stereocenters. The number of hydrogen-bond donors (Lipinski definition) is 0. The van der Waals surface area contributed by atoms with Gasteiger partial charge in [-0.2, -0.15) is 8.42 Å². The third-order valence-corrected chi connectivity index (χ3v) is 7.07. The van der Waals surface area contributed by atoms with Crippen LogP contribution in [0, 0.1) is 6.92 Å². The summed E-state index contributed by atoms with van der Waals surface area (Å²) in [6, 6.07) is 24.3. The molecule has 0 fully saturated rings. The minimum atomic E-state index is -4.11. The van der Waals surface area contributed by atoms with E-state index in [9.17, 15) is 16.8 Å². The van der Waals surface area contributed by atoms with Crippen LogP contribution in [0.5, 0.6) is 0 Å². The fourth-order valence-electron chi connectivity index (χ4n) is 3.00. The summed E-state index contributed by atoms with van der Waals surface area (Å²) < 4.78 is 56.5. The molecule has 3 aromatic carbocycles. The molecule has 0 N–H and O–H groups in total. The predicted octanol–water partition coefficient (Wildman–Crippen LogP) is 3.79. The van der Waals surface area contributed by atoms with Gasteiger partial charge in [0.05, 0.1) is 17.7 Å². The molecule has 0 spiro atoms. The summed E-state index contributed by atoms with van der Waals surface area (Å²) in [5, 5.41) is 0. The van der Waals surface area contributed by atoms with Gasteiger partial charge in [0.2, 0.25) is 10.0 Å². The number of sulfonamides is 2. The van der Waals surface area contributed by atoms with Gasteiger partial charge in [-0.15, -0.1) is 4.40 Å². The Balaban J connectivity index is 2.11. The molecule has 0 aliphatic rings. The van der Waals surface area contributed by atoms with Gasteiger partial charge in [-0.3, -0.25) is 4.31 Å². The largest absolute Gasteiger partial charge is 0.283 e. The van der Waals surface area contributed by atoms with Crippen molar-refractivity contribution in [1.29, 1.82) is 0 Å². The molecule has 3 aromatic rings. The second kappa shape index (κ2) is 9.45. The first kappa shape index (κ1) is 22.7. The van der Waals surface area contributed by atoms with Crippen LogP contribution in [0.2, 0.25) is 0 Å².